The Morgan fingerprint density at radius 1 is 1.14 bits per heavy atom. The molecule has 6 heteroatoms. The highest BCUT2D eigenvalue weighted by atomic mass is 16.4. The standard InChI is InChI=1S/C15H27N3O3/c1-12-4-2-5-13(10-12)16-15(21)18-7-3-6-17(8-9-18)11-14(19)20/h12-13H,2-11H2,1H3,(H,16,21)(H,19,20). The van der Waals surface area contributed by atoms with Gasteiger partial charge in [0, 0.05) is 32.2 Å². The molecule has 1 aliphatic heterocycles. The Morgan fingerprint density at radius 2 is 1.95 bits per heavy atom. The average Bonchev–Trinajstić information content (AvgIpc) is 2.63. The van der Waals surface area contributed by atoms with Crippen molar-refractivity contribution in [2.75, 3.05) is 32.7 Å². The molecule has 21 heavy (non-hydrogen) atoms. The summed E-state index contributed by atoms with van der Waals surface area (Å²) in [4.78, 5) is 26.8. The van der Waals surface area contributed by atoms with Crippen molar-refractivity contribution in [1.82, 2.24) is 15.1 Å². The predicted octanol–water partition coefficient (Wildman–Crippen LogP) is 1.37. The van der Waals surface area contributed by atoms with E-state index in [1.807, 2.05) is 9.80 Å². The van der Waals surface area contributed by atoms with Gasteiger partial charge in [-0.1, -0.05) is 19.8 Å². The number of carboxylic acids is 1. The first kappa shape index (κ1) is 16.1. The molecule has 1 saturated heterocycles. The van der Waals surface area contributed by atoms with E-state index in [9.17, 15) is 9.59 Å². The number of nitrogens with zero attached hydrogens (tertiary/aromatic N) is 2. The lowest BCUT2D eigenvalue weighted by Crippen LogP contribution is -2.47. The van der Waals surface area contributed by atoms with Crippen LogP contribution in [-0.2, 0) is 4.79 Å². The van der Waals surface area contributed by atoms with Crippen LogP contribution in [-0.4, -0.2) is 65.7 Å². The Kier molecular flexibility index (Phi) is 5.85. The van der Waals surface area contributed by atoms with Crippen LogP contribution >= 0.6 is 0 Å². The molecule has 0 aromatic rings. The summed E-state index contributed by atoms with van der Waals surface area (Å²) >= 11 is 0. The van der Waals surface area contributed by atoms with Crippen LogP contribution in [0.4, 0.5) is 4.79 Å². The summed E-state index contributed by atoms with van der Waals surface area (Å²) in [6.45, 7) is 5.02. The lowest BCUT2D eigenvalue weighted by Gasteiger charge is -2.30. The molecule has 0 aromatic carbocycles. The molecule has 2 N–H and O–H groups in total. The monoisotopic (exact) mass is 297 g/mol. The molecular weight excluding hydrogens is 270 g/mol. The largest absolute Gasteiger partial charge is 0.480 e. The van der Waals surface area contributed by atoms with E-state index < -0.39 is 5.97 Å². The zero-order valence-corrected chi connectivity index (χ0v) is 12.9. The zero-order chi connectivity index (χ0) is 15.2. The third kappa shape index (κ3) is 5.19. The molecular formula is C15H27N3O3. The molecule has 2 rings (SSSR count). The Morgan fingerprint density at radius 3 is 2.67 bits per heavy atom. The van der Waals surface area contributed by atoms with Gasteiger partial charge in [-0.2, -0.15) is 0 Å². The van der Waals surface area contributed by atoms with E-state index in [2.05, 4.69) is 12.2 Å². The molecule has 2 aliphatic rings. The number of rotatable bonds is 3. The Hall–Kier alpha value is -1.30. The molecule has 120 valence electrons. The van der Waals surface area contributed by atoms with Crippen LogP contribution in [0.2, 0.25) is 0 Å². The van der Waals surface area contributed by atoms with Crippen molar-refractivity contribution in [2.24, 2.45) is 5.92 Å². The van der Waals surface area contributed by atoms with Crippen LogP contribution < -0.4 is 5.32 Å². The first-order valence-corrected chi connectivity index (χ1v) is 8.04. The fourth-order valence-electron chi connectivity index (χ4n) is 3.35. The minimum absolute atomic E-state index is 0.0197. The van der Waals surface area contributed by atoms with E-state index in [-0.39, 0.29) is 12.6 Å². The van der Waals surface area contributed by atoms with Crippen molar-refractivity contribution >= 4 is 12.0 Å². The van der Waals surface area contributed by atoms with Crippen molar-refractivity contribution in [3.8, 4) is 0 Å². The summed E-state index contributed by atoms with van der Waals surface area (Å²) in [5, 5.41) is 12.0. The third-order valence-corrected chi connectivity index (χ3v) is 4.50. The highest BCUT2D eigenvalue weighted by Crippen LogP contribution is 2.23. The van der Waals surface area contributed by atoms with E-state index in [4.69, 9.17) is 5.11 Å². The Labute approximate surface area is 126 Å². The zero-order valence-electron chi connectivity index (χ0n) is 12.9. The van der Waals surface area contributed by atoms with Crippen molar-refractivity contribution in [2.45, 2.75) is 45.1 Å². The number of amides is 2. The summed E-state index contributed by atoms with van der Waals surface area (Å²) in [5.74, 6) is -0.108. The number of nitrogens with one attached hydrogen (secondary N) is 1. The second kappa shape index (κ2) is 7.64. The van der Waals surface area contributed by atoms with Crippen LogP contribution in [0.15, 0.2) is 0 Å². The molecule has 0 aromatic heterocycles. The minimum atomic E-state index is -0.802. The van der Waals surface area contributed by atoms with Gasteiger partial charge in [0.2, 0.25) is 0 Å². The van der Waals surface area contributed by atoms with E-state index in [1.54, 1.807) is 0 Å². The molecule has 2 amide bonds. The second-order valence-corrected chi connectivity index (χ2v) is 6.43. The average molecular weight is 297 g/mol. The molecule has 1 heterocycles. The first-order chi connectivity index (χ1) is 10.0. The molecule has 0 radical (unpaired) electrons. The van der Waals surface area contributed by atoms with Gasteiger partial charge in [0.15, 0.2) is 0 Å². The third-order valence-electron chi connectivity index (χ3n) is 4.50. The quantitative estimate of drug-likeness (QED) is 0.825. The van der Waals surface area contributed by atoms with Gasteiger partial charge < -0.3 is 15.3 Å². The van der Waals surface area contributed by atoms with Gasteiger partial charge in [0.25, 0.3) is 0 Å². The highest BCUT2D eigenvalue weighted by Gasteiger charge is 2.24. The van der Waals surface area contributed by atoms with E-state index in [1.165, 1.54) is 12.8 Å². The molecule has 0 bridgehead atoms. The van der Waals surface area contributed by atoms with Crippen LogP contribution in [0.5, 0.6) is 0 Å². The van der Waals surface area contributed by atoms with E-state index >= 15 is 0 Å². The van der Waals surface area contributed by atoms with Crippen LogP contribution in [0.1, 0.15) is 39.0 Å². The SMILES string of the molecule is CC1CCCC(NC(=O)N2CCCN(CC(=O)O)CC2)C1. The Bertz CT molecular complexity index is 375. The fourth-order valence-corrected chi connectivity index (χ4v) is 3.35. The molecule has 2 atom stereocenters. The predicted molar refractivity (Wildman–Crippen MR) is 80.2 cm³/mol. The van der Waals surface area contributed by atoms with Gasteiger partial charge >= 0.3 is 12.0 Å². The van der Waals surface area contributed by atoms with Crippen LogP contribution in [0.25, 0.3) is 0 Å². The molecule has 2 unspecified atom stereocenters. The maximum Gasteiger partial charge on any atom is 0.317 e. The smallest absolute Gasteiger partial charge is 0.317 e. The number of aliphatic carboxylic acids is 1. The molecule has 2 fully saturated rings. The van der Waals surface area contributed by atoms with E-state index in [0.717, 1.165) is 25.8 Å². The first-order valence-electron chi connectivity index (χ1n) is 8.04. The van der Waals surface area contributed by atoms with Gasteiger partial charge in [-0.05, 0) is 25.2 Å². The number of carbonyl (C=O) groups is 2. The summed E-state index contributed by atoms with van der Waals surface area (Å²) in [7, 11) is 0. The number of carboxylic acid groups (broad SMARTS) is 1. The number of hydrogen-bond acceptors (Lipinski definition) is 3. The van der Waals surface area contributed by atoms with Crippen molar-refractivity contribution in [1.29, 1.82) is 0 Å². The fraction of sp³-hybridized carbons (Fsp3) is 0.867. The Balaban J connectivity index is 1.78. The van der Waals surface area contributed by atoms with E-state index in [0.29, 0.717) is 31.6 Å². The molecule has 1 saturated carbocycles. The van der Waals surface area contributed by atoms with Crippen molar-refractivity contribution < 1.29 is 14.7 Å². The van der Waals surface area contributed by atoms with Crippen LogP contribution in [0.3, 0.4) is 0 Å². The lowest BCUT2D eigenvalue weighted by molar-refractivity contribution is -0.138. The van der Waals surface area contributed by atoms with Crippen molar-refractivity contribution in [3.63, 3.8) is 0 Å². The normalized spacial score (nSPS) is 28.0. The number of urea groups is 1. The number of hydrogen-bond donors (Lipinski definition) is 2. The summed E-state index contributed by atoms with van der Waals surface area (Å²) in [6, 6.07) is 0.325. The molecule has 6 nitrogen and oxygen atoms in total. The topological polar surface area (TPSA) is 72.9 Å². The van der Waals surface area contributed by atoms with Gasteiger partial charge in [-0.25, -0.2) is 4.79 Å². The van der Waals surface area contributed by atoms with Gasteiger partial charge in [-0.3, -0.25) is 9.69 Å². The molecule has 0 spiro atoms. The van der Waals surface area contributed by atoms with Gasteiger partial charge in [-0.15, -0.1) is 0 Å². The summed E-state index contributed by atoms with van der Waals surface area (Å²) in [5.41, 5.74) is 0. The summed E-state index contributed by atoms with van der Waals surface area (Å²) < 4.78 is 0. The van der Waals surface area contributed by atoms with Crippen LogP contribution in [0, 0.1) is 5.92 Å². The lowest BCUT2D eigenvalue weighted by atomic mass is 9.87. The number of carbonyl (C=O) groups excluding carboxylic acids is 1. The van der Waals surface area contributed by atoms with Gasteiger partial charge in [0.1, 0.15) is 0 Å². The highest BCUT2D eigenvalue weighted by molar-refractivity contribution is 5.74. The van der Waals surface area contributed by atoms with Crippen molar-refractivity contribution in [3.05, 3.63) is 0 Å². The van der Waals surface area contributed by atoms with Gasteiger partial charge in [0.05, 0.1) is 6.54 Å². The summed E-state index contributed by atoms with van der Waals surface area (Å²) in [6.07, 6.45) is 5.44. The molecule has 1 aliphatic carbocycles. The second-order valence-electron chi connectivity index (χ2n) is 6.43. The maximum atomic E-state index is 12.3. The maximum absolute atomic E-state index is 12.3. The minimum Gasteiger partial charge on any atom is -0.480 e.